The van der Waals surface area contributed by atoms with E-state index in [9.17, 15) is 0 Å². The second-order valence-corrected chi connectivity index (χ2v) is 6.52. The first-order valence-corrected chi connectivity index (χ1v) is 10.3. The zero-order valence-electron chi connectivity index (χ0n) is 17.0. The molecule has 5 nitrogen and oxygen atoms in total. The number of hydrogen-bond acceptors (Lipinski definition) is 5. The maximum atomic E-state index is 3.72. The first-order valence-electron chi connectivity index (χ1n) is 10.3. The monoisotopic (exact) mass is 343 g/mol. The van der Waals surface area contributed by atoms with Crippen LogP contribution in [0.2, 0.25) is 0 Å². The molecule has 24 heavy (non-hydrogen) atoms. The fourth-order valence-electron chi connectivity index (χ4n) is 3.33. The summed E-state index contributed by atoms with van der Waals surface area (Å²) in [4.78, 5) is 0. The van der Waals surface area contributed by atoms with Crippen LogP contribution in [0.3, 0.4) is 0 Å². The summed E-state index contributed by atoms with van der Waals surface area (Å²) in [6, 6.07) is 1.76. The molecule has 5 heteroatoms. The molecule has 0 aromatic carbocycles. The molecule has 0 rings (SSSR count). The third kappa shape index (κ3) is 13.1. The summed E-state index contributed by atoms with van der Waals surface area (Å²) in [5.41, 5.74) is 0. The number of rotatable bonds is 18. The van der Waals surface area contributed by atoms with Crippen molar-refractivity contribution in [1.82, 2.24) is 26.6 Å². The SMILES string of the molecule is CCNCCC(CC(CC(CCNCC)NCC)NCC)NCC. The molecule has 0 heterocycles. The Morgan fingerprint density at radius 3 is 1.21 bits per heavy atom. The quantitative estimate of drug-likeness (QED) is 0.245. The molecule has 2 atom stereocenters. The van der Waals surface area contributed by atoms with Gasteiger partial charge in [-0.25, -0.2) is 0 Å². The van der Waals surface area contributed by atoms with Crippen molar-refractivity contribution in [3.63, 3.8) is 0 Å². The fraction of sp³-hybridized carbons (Fsp3) is 1.00. The molecule has 0 aliphatic heterocycles. The van der Waals surface area contributed by atoms with Crippen LogP contribution in [0.4, 0.5) is 0 Å². The van der Waals surface area contributed by atoms with E-state index < -0.39 is 0 Å². The van der Waals surface area contributed by atoms with Crippen LogP contribution >= 0.6 is 0 Å². The second-order valence-electron chi connectivity index (χ2n) is 6.52. The van der Waals surface area contributed by atoms with E-state index in [1.807, 2.05) is 0 Å². The predicted octanol–water partition coefficient (Wildman–Crippen LogP) is 1.70. The summed E-state index contributed by atoms with van der Waals surface area (Å²) in [5, 5.41) is 18.0. The standard InChI is InChI=1S/C19H45N5/c1-6-20-13-11-17(22-8-3)15-19(24-10-5)16-18(23-9-4)12-14-21-7-2/h17-24H,6-16H2,1-5H3. The Bertz CT molecular complexity index is 228. The summed E-state index contributed by atoms with van der Waals surface area (Å²) in [7, 11) is 0. The molecule has 146 valence electrons. The van der Waals surface area contributed by atoms with Crippen molar-refractivity contribution in [3.05, 3.63) is 0 Å². The van der Waals surface area contributed by atoms with Gasteiger partial charge in [0.2, 0.25) is 0 Å². The van der Waals surface area contributed by atoms with Gasteiger partial charge in [0, 0.05) is 18.1 Å². The minimum atomic E-state index is 0.575. The Balaban J connectivity index is 4.51. The van der Waals surface area contributed by atoms with Gasteiger partial charge < -0.3 is 26.6 Å². The highest BCUT2D eigenvalue weighted by Crippen LogP contribution is 2.11. The Hall–Kier alpha value is -0.200. The zero-order valence-corrected chi connectivity index (χ0v) is 17.0. The highest BCUT2D eigenvalue weighted by Gasteiger charge is 2.19. The fourth-order valence-corrected chi connectivity index (χ4v) is 3.33. The predicted molar refractivity (Wildman–Crippen MR) is 108 cm³/mol. The van der Waals surface area contributed by atoms with E-state index in [0.29, 0.717) is 18.1 Å². The van der Waals surface area contributed by atoms with Gasteiger partial charge in [-0.2, -0.15) is 0 Å². The average Bonchev–Trinajstić information content (AvgIpc) is 2.56. The molecular weight excluding hydrogens is 298 g/mol. The molecule has 0 aliphatic rings. The van der Waals surface area contributed by atoms with E-state index in [1.165, 1.54) is 25.7 Å². The molecule has 0 bridgehead atoms. The highest BCUT2D eigenvalue weighted by molar-refractivity contribution is 4.82. The lowest BCUT2D eigenvalue weighted by atomic mass is 9.96. The highest BCUT2D eigenvalue weighted by atomic mass is 15.0. The lowest BCUT2D eigenvalue weighted by Gasteiger charge is -2.29. The van der Waals surface area contributed by atoms with E-state index in [2.05, 4.69) is 61.2 Å². The molecule has 0 spiro atoms. The molecule has 2 unspecified atom stereocenters. The minimum absolute atomic E-state index is 0.575. The molecule has 0 amide bonds. The van der Waals surface area contributed by atoms with Crippen molar-refractivity contribution < 1.29 is 0 Å². The van der Waals surface area contributed by atoms with Crippen molar-refractivity contribution in [2.75, 3.05) is 45.8 Å². The summed E-state index contributed by atoms with van der Waals surface area (Å²) < 4.78 is 0. The molecule has 0 fully saturated rings. The lowest BCUT2D eigenvalue weighted by Crippen LogP contribution is -2.44. The summed E-state index contributed by atoms with van der Waals surface area (Å²) in [6.45, 7) is 18.4. The lowest BCUT2D eigenvalue weighted by molar-refractivity contribution is 0.327. The van der Waals surface area contributed by atoms with Crippen LogP contribution < -0.4 is 26.6 Å². The van der Waals surface area contributed by atoms with Gasteiger partial charge in [-0.05, 0) is 71.5 Å². The van der Waals surface area contributed by atoms with Gasteiger partial charge in [0.15, 0.2) is 0 Å². The van der Waals surface area contributed by atoms with Crippen LogP contribution in [0.1, 0.15) is 60.3 Å². The Morgan fingerprint density at radius 1 is 0.500 bits per heavy atom. The maximum absolute atomic E-state index is 3.72. The van der Waals surface area contributed by atoms with Gasteiger partial charge in [-0.1, -0.05) is 34.6 Å². The van der Waals surface area contributed by atoms with Crippen molar-refractivity contribution in [2.24, 2.45) is 0 Å². The van der Waals surface area contributed by atoms with Gasteiger partial charge in [-0.3, -0.25) is 0 Å². The van der Waals surface area contributed by atoms with Crippen LogP contribution in [0, 0.1) is 0 Å². The molecule has 0 radical (unpaired) electrons. The Kier molecular flexibility index (Phi) is 17.5. The molecule has 0 saturated carbocycles. The molecular formula is C19H45N5. The van der Waals surface area contributed by atoms with E-state index in [1.54, 1.807) is 0 Å². The third-order valence-electron chi connectivity index (χ3n) is 4.46. The van der Waals surface area contributed by atoms with E-state index in [0.717, 1.165) is 45.8 Å². The van der Waals surface area contributed by atoms with E-state index in [-0.39, 0.29) is 0 Å². The Labute approximate surface area is 151 Å². The van der Waals surface area contributed by atoms with Crippen molar-refractivity contribution in [2.45, 2.75) is 78.4 Å². The van der Waals surface area contributed by atoms with Gasteiger partial charge in [0.1, 0.15) is 0 Å². The van der Waals surface area contributed by atoms with Crippen molar-refractivity contribution >= 4 is 0 Å². The minimum Gasteiger partial charge on any atom is -0.317 e. The second kappa shape index (κ2) is 17.6. The first-order chi connectivity index (χ1) is 11.7. The smallest absolute Gasteiger partial charge is 0.00965 e. The molecule has 0 saturated heterocycles. The zero-order chi connectivity index (χ0) is 18.0. The van der Waals surface area contributed by atoms with Gasteiger partial charge >= 0.3 is 0 Å². The van der Waals surface area contributed by atoms with Crippen LogP contribution in [0.25, 0.3) is 0 Å². The largest absolute Gasteiger partial charge is 0.317 e. The normalized spacial score (nSPS) is 15.4. The molecule has 0 aromatic rings. The van der Waals surface area contributed by atoms with Crippen LogP contribution in [0.15, 0.2) is 0 Å². The molecule has 5 N–H and O–H groups in total. The van der Waals surface area contributed by atoms with Crippen molar-refractivity contribution in [3.8, 4) is 0 Å². The van der Waals surface area contributed by atoms with Crippen LogP contribution in [-0.2, 0) is 0 Å². The summed E-state index contributed by atoms with van der Waals surface area (Å²) in [6.07, 6.45) is 4.81. The Morgan fingerprint density at radius 2 is 0.875 bits per heavy atom. The van der Waals surface area contributed by atoms with Gasteiger partial charge in [0.05, 0.1) is 0 Å². The molecule has 0 aliphatic carbocycles. The first kappa shape index (κ1) is 23.8. The third-order valence-corrected chi connectivity index (χ3v) is 4.46. The van der Waals surface area contributed by atoms with Gasteiger partial charge in [0.25, 0.3) is 0 Å². The number of nitrogens with one attached hydrogen (secondary N) is 5. The summed E-state index contributed by atoms with van der Waals surface area (Å²) in [5.74, 6) is 0. The maximum Gasteiger partial charge on any atom is 0.00965 e. The van der Waals surface area contributed by atoms with Gasteiger partial charge in [-0.15, -0.1) is 0 Å². The van der Waals surface area contributed by atoms with E-state index in [4.69, 9.17) is 0 Å². The van der Waals surface area contributed by atoms with E-state index >= 15 is 0 Å². The molecule has 0 aromatic heterocycles. The van der Waals surface area contributed by atoms with Crippen LogP contribution in [-0.4, -0.2) is 63.9 Å². The topological polar surface area (TPSA) is 60.1 Å². The van der Waals surface area contributed by atoms with Crippen molar-refractivity contribution in [1.29, 1.82) is 0 Å². The summed E-state index contributed by atoms with van der Waals surface area (Å²) >= 11 is 0. The average molecular weight is 344 g/mol. The number of hydrogen-bond donors (Lipinski definition) is 5. The van der Waals surface area contributed by atoms with Crippen LogP contribution in [0.5, 0.6) is 0 Å².